The van der Waals surface area contributed by atoms with E-state index in [9.17, 15) is 13.2 Å². The van der Waals surface area contributed by atoms with Crippen LogP contribution in [-0.4, -0.2) is 26.8 Å². The number of hydrogen-bond donors (Lipinski definition) is 1. The zero-order chi connectivity index (χ0) is 15.5. The lowest BCUT2D eigenvalue weighted by atomic mass is 10.2. The van der Waals surface area contributed by atoms with Gasteiger partial charge in [0.1, 0.15) is 0 Å². The van der Waals surface area contributed by atoms with E-state index >= 15 is 0 Å². The van der Waals surface area contributed by atoms with Crippen molar-refractivity contribution in [2.75, 3.05) is 17.8 Å². The summed E-state index contributed by atoms with van der Waals surface area (Å²) < 4.78 is 23.5. The monoisotopic (exact) mass is 321 g/mol. The van der Waals surface area contributed by atoms with Gasteiger partial charge in [0.25, 0.3) is 5.91 Å². The van der Waals surface area contributed by atoms with Gasteiger partial charge in [-0.15, -0.1) is 11.8 Å². The predicted molar refractivity (Wildman–Crippen MR) is 85.7 cm³/mol. The Morgan fingerprint density at radius 2 is 1.81 bits per heavy atom. The smallest absolute Gasteiger partial charge is 0.256 e. The van der Waals surface area contributed by atoms with Crippen LogP contribution in [0.25, 0.3) is 0 Å². The van der Waals surface area contributed by atoms with Crippen LogP contribution in [0.4, 0.5) is 5.69 Å². The molecule has 21 heavy (non-hydrogen) atoms. The van der Waals surface area contributed by atoms with E-state index in [1.54, 1.807) is 30.0 Å². The minimum atomic E-state index is -3.45. The highest BCUT2D eigenvalue weighted by atomic mass is 32.2. The second kappa shape index (κ2) is 6.32. The number of benzene rings is 2. The van der Waals surface area contributed by atoms with Crippen LogP contribution in [0.5, 0.6) is 0 Å². The molecule has 0 heterocycles. The van der Waals surface area contributed by atoms with E-state index in [1.807, 2.05) is 24.5 Å². The van der Waals surface area contributed by atoms with E-state index in [0.717, 1.165) is 11.2 Å². The van der Waals surface area contributed by atoms with Crippen LogP contribution in [0.1, 0.15) is 10.4 Å². The zero-order valence-corrected chi connectivity index (χ0v) is 13.3. The number of sulfone groups is 1. The summed E-state index contributed by atoms with van der Waals surface area (Å²) in [5.74, 6) is -0.436. The lowest BCUT2D eigenvalue weighted by Gasteiger charge is -2.09. The topological polar surface area (TPSA) is 63.2 Å². The maximum absolute atomic E-state index is 12.3. The third-order valence-corrected chi connectivity index (χ3v) is 4.74. The molecule has 2 aromatic rings. The summed E-state index contributed by atoms with van der Waals surface area (Å²) >= 11 is 1.57. The third-order valence-electron chi connectivity index (χ3n) is 2.86. The highest BCUT2D eigenvalue weighted by Crippen LogP contribution is 2.21. The molecule has 0 aliphatic carbocycles. The summed E-state index contributed by atoms with van der Waals surface area (Å²) in [6.45, 7) is 0. The molecule has 0 atom stereocenters. The van der Waals surface area contributed by atoms with Gasteiger partial charge in [0.15, 0.2) is 9.84 Å². The van der Waals surface area contributed by atoms with Gasteiger partial charge in [-0.1, -0.05) is 18.2 Å². The molecule has 0 fully saturated rings. The number of amides is 1. The van der Waals surface area contributed by atoms with Crippen molar-refractivity contribution in [3.05, 3.63) is 54.1 Å². The first-order valence-corrected chi connectivity index (χ1v) is 9.28. The molecule has 2 aromatic carbocycles. The van der Waals surface area contributed by atoms with Crippen LogP contribution in [0.2, 0.25) is 0 Å². The van der Waals surface area contributed by atoms with Crippen LogP contribution in [0.3, 0.4) is 0 Å². The maximum Gasteiger partial charge on any atom is 0.256 e. The quantitative estimate of drug-likeness (QED) is 0.879. The lowest BCUT2D eigenvalue weighted by Crippen LogP contribution is -2.16. The Bertz CT molecular complexity index is 770. The van der Waals surface area contributed by atoms with Gasteiger partial charge in [-0.05, 0) is 36.6 Å². The van der Waals surface area contributed by atoms with Gasteiger partial charge in [0, 0.05) is 16.8 Å². The van der Waals surface area contributed by atoms with Gasteiger partial charge in [-0.25, -0.2) is 8.42 Å². The van der Waals surface area contributed by atoms with Crippen LogP contribution in [0, 0.1) is 0 Å². The van der Waals surface area contributed by atoms with E-state index in [-0.39, 0.29) is 10.5 Å². The average molecular weight is 321 g/mol. The van der Waals surface area contributed by atoms with Crippen molar-refractivity contribution < 1.29 is 13.2 Å². The van der Waals surface area contributed by atoms with Crippen LogP contribution in [0.15, 0.2) is 58.3 Å². The molecule has 0 saturated carbocycles. The van der Waals surface area contributed by atoms with Crippen LogP contribution in [-0.2, 0) is 9.84 Å². The highest BCUT2D eigenvalue weighted by Gasteiger charge is 2.18. The van der Waals surface area contributed by atoms with Crippen molar-refractivity contribution in [3.8, 4) is 0 Å². The molecule has 0 aliphatic heterocycles. The minimum Gasteiger partial charge on any atom is -0.322 e. The molecule has 0 unspecified atom stereocenters. The SMILES string of the molecule is CSc1cccc(NC(=O)c2ccccc2S(C)(=O)=O)c1. The van der Waals surface area contributed by atoms with Crippen LogP contribution < -0.4 is 5.32 Å². The van der Waals surface area contributed by atoms with Gasteiger partial charge in [-0.2, -0.15) is 0 Å². The molecule has 6 heteroatoms. The van der Waals surface area contributed by atoms with E-state index in [0.29, 0.717) is 5.69 Å². The fraction of sp³-hybridized carbons (Fsp3) is 0.133. The molecule has 2 rings (SSSR count). The third kappa shape index (κ3) is 3.86. The van der Waals surface area contributed by atoms with Crippen molar-refractivity contribution in [2.24, 2.45) is 0 Å². The van der Waals surface area contributed by atoms with E-state index in [1.165, 1.54) is 12.1 Å². The Balaban J connectivity index is 2.33. The molecular formula is C15H15NO3S2. The number of hydrogen-bond acceptors (Lipinski definition) is 4. The van der Waals surface area contributed by atoms with E-state index < -0.39 is 15.7 Å². The average Bonchev–Trinajstić information content (AvgIpc) is 2.46. The summed E-state index contributed by atoms with van der Waals surface area (Å²) in [5.41, 5.74) is 0.782. The normalized spacial score (nSPS) is 11.1. The Kier molecular flexibility index (Phi) is 4.69. The molecule has 4 nitrogen and oxygen atoms in total. The van der Waals surface area contributed by atoms with E-state index in [4.69, 9.17) is 0 Å². The van der Waals surface area contributed by atoms with E-state index in [2.05, 4.69) is 5.32 Å². The molecule has 1 amide bonds. The number of thioether (sulfide) groups is 1. The first kappa shape index (κ1) is 15.6. The summed E-state index contributed by atoms with van der Waals surface area (Å²) in [5, 5.41) is 2.73. The molecular weight excluding hydrogens is 306 g/mol. The van der Waals surface area contributed by atoms with Gasteiger partial charge >= 0.3 is 0 Å². The van der Waals surface area contributed by atoms with Gasteiger partial charge in [0.2, 0.25) is 0 Å². The summed E-state index contributed by atoms with van der Waals surface area (Å²) in [4.78, 5) is 13.3. The second-order valence-electron chi connectivity index (χ2n) is 4.45. The number of anilines is 1. The Morgan fingerprint density at radius 1 is 1.10 bits per heavy atom. The molecule has 110 valence electrons. The standard InChI is InChI=1S/C15H15NO3S2/c1-20-12-7-5-6-11(10-12)16-15(17)13-8-3-4-9-14(13)21(2,18)19/h3-10H,1-2H3,(H,16,17). The molecule has 0 saturated heterocycles. The number of carbonyl (C=O) groups is 1. The summed E-state index contributed by atoms with van der Waals surface area (Å²) in [6, 6.07) is 13.6. The van der Waals surface area contributed by atoms with Crippen molar-refractivity contribution in [1.29, 1.82) is 0 Å². The first-order valence-electron chi connectivity index (χ1n) is 6.16. The van der Waals surface area contributed by atoms with Crippen molar-refractivity contribution in [3.63, 3.8) is 0 Å². The Hall–Kier alpha value is -1.79. The number of rotatable bonds is 4. The largest absolute Gasteiger partial charge is 0.322 e. The Labute approximate surface area is 128 Å². The number of carbonyl (C=O) groups excluding carboxylic acids is 1. The molecule has 0 spiro atoms. The predicted octanol–water partition coefficient (Wildman–Crippen LogP) is 3.06. The van der Waals surface area contributed by atoms with Crippen LogP contribution >= 0.6 is 11.8 Å². The molecule has 0 aromatic heterocycles. The fourth-order valence-corrected chi connectivity index (χ4v) is 3.22. The molecule has 0 bridgehead atoms. The van der Waals surface area contributed by atoms with Gasteiger partial charge in [-0.3, -0.25) is 4.79 Å². The first-order chi connectivity index (χ1) is 9.91. The van der Waals surface area contributed by atoms with Gasteiger partial charge < -0.3 is 5.32 Å². The molecule has 1 N–H and O–H groups in total. The van der Waals surface area contributed by atoms with Crippen molar-refractivity contribution in [1.82, 2.24) is 0 Å². The van der Waals surface area contributed by atoms with Gasteiger partial charge in [0.05, 0.1) is 10.5 Å². The molecule has 0 aliphatic rings. The molecule has 0 radical (unpaired) electrons. The van der Waals surface area contributed by atoms with Crippen molar-refractivity contribution >= 4 is 33.2 Å². The number of nitrogens with one attached hydrogen (secondary N) is 1. The second-order valence-corrected chi connectivity index (χ2v) is 7.32. The Morgan fingerprint density at radius 3 is 2.48 bits per heavy atom. The summed E-state index contributed by atoms with van der Waals surface area (Å²) in [6.07, 6.45) is 3.04. The highest BCUT2D eigenvalue weighted by molar-refractivity contribution is 7.98. The summed E-state index contributed by atoms with van der Waals surface area (Å²) in [7, 11) is -3.45. The fourth-order valence-electron chi connectivity index (χ4n) is 1.88. The lowest BCUT2D eigenvalue weighted by molar-refractivity contribution is 0.102. The van der Waals surface area contributed by atoms with Crippen molar-refractivity contribution in [2.45, 2.75) is 9.79 Å². The minimum absolute atomic E-state index is 0.0310. The zero-order valence-electron chi connectivity index (χ0n) is 11.7. The maximum atomic E-state index is 12.3.